The van der Waals surface area contributed by atoms with E-state index >= 15 is 0 Å². The number of benzene rings is 2. The summed E-state index contributed by atoms with van der Waals surface area (Å²) >= 11 is 0. The number of nitrogens with zero attached hydrogens (tertiary/aromatic N) is 4. The van der Waals surface area contributed by atoms with Gasteiger partial charge in [-0.05, 0) is 48.5 Å². The minimum atomic E-state index is -3.74. The van der Waals surface area contributed by atoms with Gasteiger partial charge in [0.25, 0.3) is 0 Å². The molecule has 0 aliphatic rings. The molecule has 0 fully saturated rings. The van der Waals surface area contributed by atoms with Gasteiger partial charge < -0.3 is 19.6 Å². The Bertz CT molecular complexity index is 1670. The largest absolute Gasteiger partial charge is 0.508 e. The van der Waals surface area contributed by atoms with Crippen molar-refractivity contribution in [3.05, 3.63) is 73.0 Å². The Hall–Kier alpha value is -4.49. The molecular weight excluding hydrogens is 503 g/mol. The van der Waals surface area contributed by atoms with E-state index in [-0.39, 0.29) is 35.4 Å². The molecule has 3 N–H and O–H groups in total. The summed E-state index contributed by atoms with van der Waals surface area (Å²) in [5.74, 6) is 0.149. The van der Waals surface area contributed by atoms with E-state index in [4.69, 9.17) is 9.15 Å². The van der Waals surface area contributed by atoms with Gasteiger partial charge in [0.1, 0.15) is 23.4 Å². The summed E-state index contributed by atoms with van der Waals surface area (Å²) in [5.41, 5.74) is 2.21. The lowest BCUT2D eigenvalue weighted by molar-refractivity contribution is 0.387. The van der Waals surface area contributed by atoms with Gasteiger partial charge in [0, 0.05) is 31.0 Å². The molecule has 5 aromatic rings. The first-order chi connectivity index (χ1) is 17.9. The van der Waals surface area contributed by atoms with Gasteiger partial charge in [-0.3, -0.25) is 4.40 Å². The number of sulfonamides is 1. The third-order valence-electron chi connectivity index (χ3n) is 5.43. The molecule has 190 valence electrons. The van der Waals surface area contributed by atoms with Crippen LogP contribution in [0.15, 0.2) is 76.5 Å². The third kappa shape index (κ3) is 4.94. The average molecular weight is 525 g/mol. The zero-order chi connectivity index (χ0) is 26.0. The predicted molar refractivity (Wildman–Crippen MR) is 132 cm³/mol. The summed E-state index contributed by atoms with van der Waals surface area (Å²) in [6, 6.07) is 11.4. The van der Waals surface area contributed by atoms with Crippen molar-refractivity contribution in [1.82, 2.24) is 24.1 Å². The molecule has 5 rings (SSSR count). The molecule has 0 atom stereocenters. The number of imidazole rings is 1. The van der Waals surface area contributed by atoms with E-state index in [1.807, 2.05) is 0 Å². The second kappa shape index (κ2) is 9.87. The first-order valence-corrected chi connectivity index (χ1v) is 12.5. The number of oxazole rings is 1. The number of hydrogen-bond acceptors (Lipinski definition) is 9. The lowest BCUT2D eigenvalue weighted by Crippen LogP contribution is -2.29. The Kier molecular flexibility index (Phi) is 6.46. The molecule has 11 nitrogen and oxygen atoms in total. The number of fused-ring (bicyclic) bond motifs is 1. The van der Waals surface area contributed by atoms with E-state index in [1.165, 1.54) is 43.7 Å². The van der Waals surface area contributed by atoms with Gasteiger partial charge in [0.15, 0.2) is 11.6 Å². The molecule has 3 aromatic heterocycles. The van der Waals surface area contributed by atoms with E-state index in [0.717, 1.165) is 0 Å². The molecule has 37 heavy (non-hydrogen) atoms. The second-order valence-electron chi connectivity index (χ2n) is 7.80. The van der Waals surface area contributed by atoms with Crippen LogP contribution >= 0.6 is 0 Å². The number of halogens is 1. The third-order valence-corrected chi connectivity index (χ3v) is 6.91. The first-order valence-electron chi connectivity index (χ1n) is 11.0. The van der Waals surface area contributed by atoms with Crippen molar-refractivity contribution >= 4 is 21.8 Å². The number of phenols is 1. The lowest BCUT2D eigenvalue weighted by atomic mass is 10.1. The molecule has 0 unspecified atom stereocenters. The van der Waals surface area contributed by atoms with Crippen molar-refractivity contribution in [1.29, 1.82) is 0 Å². The molecule has 0 bridgehead atoms. The monoisotopic (exact) mass is 524 g/mol. The van der Waals surface area contributed by atoms with Gasteiger partial charge in [-0.1, -0.05) is 0 Å². The van der Waals surface area contributed by atoms with Gasteiger partial charge in [-0.2, -0.15) is 4.98 Å². The SMILES string of the molecule is COc1cc(-c2nc3occn3c2-c2ccnc(NCCNS(=O)(=O)c3ccc(O)cc3)n2)ccc1F. The Morgan fingerprint density at radius 2 is 1.92 bits per heavy atom. The maximum Gasteiger partial charge on any atom is 0.306 e. The van der Waals surface area contributed by atoms with Crippen molar-refractivity contribution in [3.63, 3.8) is 0 Å². The quantitative estimate of drug-likeness (QED) is 0.247. The van der Waals surface area contributed by atoms with Crippen LogP contribution in [-0.2, 0) is 10.0 Å². The molecule has 0 spiro atoms. The van der Waals surface area contributed by atoms with Crippen LogP contribution in [0.5, 0.6) is 11.5 Å². The summed E-state index contributed by atoms with van der Waals surface area (Å²) in [6.07, 6.45) is 4.73. The van der Waals surface area contributed by atoms with Gasteiger partial charge in [0.05, 0.1) is 17.7 Å². The fraction of sp³-hybridized carbons (Fsp3) is 0.125. The van der Waals surface area contributed by atoms with Crippen LogP contribution < -0.4 is 14.8 Å². The Labute approximate surface area is 210 Å². The van der Waals surface area contributed by atoms with E-state index in [9.17, 15) is 17.9 Å². The fourth-order valence-corrected chi connectivity index (χ4v) is 4.71. The Morgan fingerprint density at radius 1 is 1.11 bits per heavy atom. The molecule has 0 aliphatic carbocycles. The van der Waals surface area contributed by atoms with E-state index in [2.05, 4.69) is 25.0 Å². The second-order valence-corrected chi connectivity index (χ2v) is 9.56. The number of rotatable bonds is 9. The molecule has 3 heterocycles. The molecule has 0 saturated carbocycles. The highest BCUT2D eigenvalue weighted by atomic mass is 32.2. The summed E-state index contributed by atoms with van der Waals surface area (Å²) in [5, 5.41) is 12.3. The molecule has 2 aromatic carbocycles. The van der Waals surface area contributed by atoms with E-state index in [1.54, 1.807) is 35.0 Å². The minimum absolute atomic E-state index is 0.0229. The van der Waals surface area contributed by atoms with Gasteiger partial charge in [-0.15, -0.1) is 0 Å². The number of nitrogens with one attached hydrogen (secondary N) is 2. The zero-order valence-corrected chi connectivity index (χ0v) is 20.2. The molecule has 0 saturated heterocycles. The van der Waals surface area contributed by atoms with Crippen molar-refractivity contribution in [2.75, 3.05) is 25.5 Å². The van der Waals surface area contributed by atoms with Crippen molar-refractivity contribution in [2.45, 2.75) is 4.90 Å². The molecular formula is C24H21FN6O5S. The number of aromatic nitrogens is 4. The highest BCUT2D eigenvalue weighted by molar-refractivity contribution is 7.89. The Balaban J connectivity index is 1.36. The predicted octanol–water partition coefficient (Wildman–Crippen LogP) is 3.30. The number of aromatic hydroxyl groups is 1. The highest BCUT2D eigenvalue weighted by Crippen LogP contribution is 2.34. The van der Waals surface area contributed by atoms with Gasteiger partial charge >= 0.3 is 5.84 Å². The smallest absolute Gasteiger partial charge is 0.306 e. The number of hydrogen-bond donors (Lipinski definition) is 3. The van der Waals surface area contributed by atoms with E-state index in [0.29, 0.717) is 28.5 Å². The summed E-state index contributed by atoms with van der Waals surface area (Å²) in [7, 11) is -2.35. The maximum atomic E-state index is 14.0. The molecule has 0 radical (unpaired) electrons. The molecule has 0 amide bonds. The fourth-order valence-electron chi connectivity index (χ4n) is 3.68. The van der Waals surface area contributed by atoms with Crippen LogP contribution in [0.25, 0.3) is 28.5 Å². The molecule has 13 heteroatoms. The van der Waals surface area contributed by atoms with E-state index < -0.39 is 15.8 Å². The lowest BCUT2D eigenvalue weighted by Gasteiger charge is -2.10. The summed E-state index contributed by atoms with van der Waals surface area (Å²) < 4.78 is 53.5. The average Bonchev–Trinajstić information content (AvgIpc) is 3.49. The van der Waals surface area contributed by atoms with Crippen LogP contribution in [0.2, 0.25) is 0 Å². The minimum Gasteiger partial charge on any atom is -0.508 e. The van der Waals surface area contributed by atoms with Crippen molar-refractivity contribution in [3.8, 4) is 34.1 Å². The molecule has 0 aliphatic heterocycles. The first kappa shape index (κ1) is 24.2. The standard InChI is InChI=1S/C24H21FN6O5S/c1-35-20-14-15(2-7-18(20)25)21-22(31-12-13-36-24(31)30-21)19-8-9-26-23(29-19)27-10-11-28-37(33,34)17-5-3-16(32)4-6-17/h2-9,12-14,28,32H,10-11H2,1H3,(H,26,27,29). The van der Waals surface area contributed by atoms with Crippen LogP contribution in [0.3, 0.4) is 0 Å². The number of ether oxygens (including phenoxy) is 1. The number of anilines is 1. The van der Waals surface area contributed by atoms with Gasteiger partial charge in [0.2, 0.25) is 16.0 Å². The van der Waals surface area contributed by atoms with Crippen molar-refractivity contribution < 1.29 is 27.1 Å². The summed E-state index contributed by atoms with van der Waals surface area (Å²) in [4.78, 5) is 13.3. The van der Waals surface area contributed by atoms with Crippen LogP contribution in [-0.4, -0.2) is 53.1 Å². The highest BCUT2D eigenvalue weighted by Gasteiger charge is 2.21. The summed E-state index contributed by atoms with van der Waals surface area (Å²) in [6.45, 7) is 0.270. The zero-order valence-electron chi connectivity index (χ0n) is 19.4. The van der Waals surface area contributed by atoms with Crippen LogP contribution in [0, 0.1) is 5.82 Å². The van der Waals surface area contributed by atoms with Crippen molar-refractivity contribution in [2.24, 2.45) is 0 Å². The number of methoxy groups -OCH3 is 1. The van der Waals surface area contributed by atoms with Crippen LogP contribution in [0.1, 0.15) is 0 Å². The Morgan fingerprint density at radius 3 is 2.70 bits per heavy atom. The maximum absolute atomic E-state index is 14.0. The topological polar surface area (TPSA) is 144 Å². The van der Waals surface area contributed by atoms with Crippen LogP contribution in [0.4, 0.5) is 10.3 Å². The van der Waals surface area contributed by atoms with Gasteiger partial charge in [-0.25, -0.2) is 27.5 Å². The number of phenolic OH excluding ortho intramolecular Hbond substituents is 1. The normalized spacial score (nSPS) is 11.6.